The zero-order valence-electron chi connectivity index (χ0n) is 6.41. The number of hydrogen-bond acceptors (Lipinski definition) is 0. The fourth-order valence-electron chi connectivity index (χ4n) is 0.803. The highest BCUT2D eigenvalue weighted by Crippen LogP contribution is 2.02. The number of rotatable bonds is 4. The molecule has 0 N–H and O–H groups in total. The molecule has 0 amide bonds. The molecule has 1 heteroatoms. The van der Waals surface area contributed by atoms with Crippen LogP contribution >= 0.6 is 0 Å². The topological polar surface area (TPSA) is 0 Å². The molecule has 0 bridgehead atoms. The molecular weight excluding hydrogens is 111 g/mol. The van der Waals surface area contributed by atoms with Crippen molar-refractivity contribution in [3.63, 3.8) is 0 Å². The maximum absolute atomic E-state index is 2.43. The van der Waals surface area contributed by atoms with Crippen molar-refractivity contribution >= 4 is 14.1 Å². The third kappa shape index (κ3) is 6.53. The summed E-state index contributed by atoms with van der Waals surface area (Å²) < 4.78 is 0. The van der Waals surface area contributed by atoms with Gasteiger partial charge in [0.1, 0.15) is 0 Å². The van der Waals surface area contributed by atoms with E-state index in [1.165, 1.54) is 19.3 Å². The van der Waals surface area contributed by atoms with Crippen LogP contribution in [0.2, 0.25) is 16.9 Å². The third-order valence-electron chi connectivity index (χ3n) is 1.39. The number of hydrogen-bond donors (Lipinski definition) is 0. The molecule has 0 saturated heterocycles. The maximum atomic E-state index is 2.43. The van der Waals surface area contributed by atoms with Crippen LogP contribution in [0.5, 0.6) is 0 Å². The summed E-state index contributed by atoms with van der Waals surface area (Å²) in [4.78, 5) is 0. The van der Waals surface area contributed by atoms with Crippen molar-refractivity contribution in [2.45, 2.75) is 43.0 Å². The van der Waals surface area contributed by atoms with E-state index in [1.807, 2.05) is 0 Å². The smallest absolute Gasteiger partial charge is 0.106 e. The Hall–Kier alpha value is 0.532. The van der Waals surface area contributed by atoms with Crippen LogP contribution in [-0.4, -0.2) is 14.1 Å². The van der Waals surface area contributed by atoms with Gasteiger partial charge in [-0.1, -0.05) is 31.5 Å². The van der Waals surface area contributed by atoms with E-state index in [2.05, 4.69) is 18.5 Å². The molecule has 0 aromatic heterocycles. The van der Waals surface area contributed by atoms with Crippen LogP contribution in [0.25, 0.3) is 0 Å². The van der Waals surface area contributed by atoms with E-state index < -0.39 is 0 Å². The van der Waals surface area contributed by atoms with Crippen molar-refractivity contribution in [3.05, 3.63) is 0 Å². The normalized spacial score (nSPS) is 9.38. The first-order valence-electron chi connectivity index (χ1n) is 3.77. The minimum Gasteiger partial charge on any atom is -0.106 e. The predicted octanol–water partition coefficient (Wildman–Crippen LogP) is 2.93. The third-order valence-corrected chi connectivity index (χ3v) is 2.95. The molecule has 0 fully saturated rings. The van der Waals surface area contributed by atoms with Gasteiger partial charge in [0.15, 0.2) is 0 Å². The van der Waals surface area contributed by atoms with Gasteiger partial charge in [-0.2, -0.15) is 0 Å². The van der Waals surface area contributed by atoms with Crippen LogP contribution in [-0.2, 0) is 0 Å². The lowest BCUT2D eigenvalue weighted by Gasteiger charge is -1.95. The lowest BCUT2D eigenvalue weighted by Crippen LogP contribution is -1.97. The van der Waals surface area contributed by atoms with Gasteiger partial charge in [-0.15, -0.1) is 11.6 Å². The second-order valence-electron chi connectivity index (χ2n) is 2.89. The molecule has 0 aliphatic rings. The molecule has 0 unspecified atom stereocenters. The van der Waals surface area contributed by atoms with Crippen molar-refractivity contribution in [1.82, 2.24) is 0 Å². The Labute approximate surface area is 57.7 Å². The Balaban J connectivity index is 2.72. The van der Waals surface area contributed by atoms with E-state index in [-0.39, 0.29) is 14.1 Å². The molecule has 0 rings (SSSR count). The molecule has 0 atom stereocenters. The molecule has 0 nitrogen and oxygen atoms in total. The van der Waals surface area contributed by atoms with Gasteiger partial charge in [0.2, 0.25) is 0 Å². The van der Waals surface area contributed by atoms with Crippen LogP contribution in [0.15, 0.2) is 0 Å². The summed E-state index contributed by atoms with van der Waals surface area (Å²) >= 11 is -0.202. The zero-order chi connectivity index (χ0) is 6.41. The molecule has 0 radical (unpaired) electrons. The van der Waals surface area contributed by atoms with Gasteiger partial charge in [-0.3, -0.25) is 0 Å². The maximum Gasteiger partial charge on any atom is 0.255 e. The Morgan fingerprint density at radius 1 is 1.12 bits per heavy atom. The molecule has 48 valence electrons. The van der Waals surface area contributed by atoms with Crippen molar-refractivity contribution in [1.29, 1.82) is 0 Å². The second kappa shape index (κ2) is 5.67. The first-order valence-corrected chi connectivity index (χ1v) is 6.90. The van der Waals surface area contributed by atoms with Gasteiger partial charge < -0.3 is 0 Å². The summed E-state index contributed by atoms with van der Waals surface area (Å²) in [6, 6.07) is 0. The van der Waals surface area contributed by atoms with Crippen LogP contribution in [0, 0.1) is 0 Å². The Morgan fingerprint density at radius 3 is 2.12 bits per heavy atom. The predicted molar refractivity (Wildman–Crippen MR) is 41.8 cm³/mol. The van der Waals surface area contributed by atoms with E-state index in [1.54, 1.807) is 5.28 Å². The lowest BCUT2D eigenvalue weighted by molar-refractivity contribution is 0.766. The van der Waals surface area contributed by atoms with Gasteiger partial charge in [0.25, 0.3) is 14.1 Å². The van der Waals surface area contributed by atoms with Crippen molar-refractivity contribution in [2.24, 2.45) is 0 Å². The van der Waals surface area contributed by atoms with E-state index in [4.69, 9.17) is 0 Å². The van der Waals surface area contributed by atoms with Gasteiger partial charge in [-0.05, 0) is 0 Å². The molecule has 0 saturated carbocycles. The molecule has 0 aromatic rings. The summed E-state index contributed by atoms with van der Waals surface area (Å²) in [6.45, 7) is 2.27. The summed E-state index contributed by atoms with van der Waals surface area (Å²) in [5.74, 6) is 4.85. The molecule has 0 heterocycles. The molecule has 0 aliphatic heterocycles. The highest BCUT2D eigenvalue weighted by Gasteiger charge is 1.98. The van der Waals surface area contributed by atoms with E-state index >= 15 is 0 Å². The molecule has 0 spiro atoms. The van der Waals surface area contributed by atoms with Crippen LogP contribution < -0.4 is 0 Å². The monoisotopic (exact) mass is 128 g/mol. The fourth-order valence-corrected chi connectivity index (χ4v) is 1.91. The van der Waals surface area contributed by atoms with Gasteiger partial charge in [0.05, 0.1) is 0 Å². The minimum absolute atomic E-state index is 0.202. The molecule has 0 aliphatic carbocycles. The number of unbranched alkanes of at least 4 members (excludes halogenated alkanes) is 2. The molecule has 0 aromatic carbocycles. The van der Waals surface area contributed by atoms with Crippen LogP contribution in [0.1, 0.15) is 26.2 Å². The van der Waals surface area contributed by atoms with Gasteiger partial charge in [-0.25, -0.2) is 0 Å². The average Bonchev–Trinajstić information content (AvgIpc) is 1.66. The standard InChI is InChI=1S/C5H11.2CH3.Al/c1-3-5-4-2;;;/h1,3-5H2,2H3;2*1H3;. The Morgan fingerprint density at radius 2 is 1.75 bits per heavy atom. The van der Waals surface area contributed by atoms with Gasteiger partial charge in [0, 0.05) is 0 Å². The first kappa shape index (κ1) is 8.53. The summed E-state index contributed by atoms with van der Waals surface area (Å²) in [6.07, 6.45) is 4.31. The lowest BCUT2D eigenvalue weighted by atomic mass is 10.3. The summed E-state index contributed by atoms with van der Waals surface area (Å²) in [5, 5.41) is 1.55. The van der Waals surface area contributed by atoms with Crippen molar-refractivity contribution in [2.75, 3.05) is 0 Å². The first-order chi connectivity index (χ1) is 3.77. The fraction of sp³-hybridized carbons (Fsp3) is 1.00. The average molecular weight is 128 g/mol. The van der Waals surface area contributed by atoms with E-state index in [0.717, 1.165) is 0 Å². The van der Waals surface area contributed by atoms with Crippen molar-refractivity contribution < 1.29 is 0 Å². The van der Waals surface area contributed by atoms with Crippen LogP contribution in [0.3, 0.4) is 0 Å². The second-order valence-corrected chi connectivity index (χ2v) is 6.25. The largest absolute Gasteiger partial charge is 0.255 e. The highest BCUT2D eigenvalue weighted by molar-refractivity contribution is 6.55. The van der Waals surface area contributed by atoms with Gasteiger partial charge >= 0.3 is 0 Å². The Bertz CT molecular complexity index is 41.7. The summed E-state index contributed by atoms with van der Waals surface area (Å²) in [7, 11) is 0. The van der Waals surface area contributed by atoms with Crippen LogP contribution in [0.4, 0.5) is 0 Å². The Kier molecular flexibility index (Phi) is 6.04. The van der Waals surface area contributed by atoms with E-state index in [9.17, 15) is 0 Å². The quantitative estimate of drug-likeness (QED) is 0.403. The summed E-state index contributed by atoms with van der Waals surface area (Å²) in [5.41, 5.74) is 0. The zero-order valence-corrected chi connectivity index (χ0v) is 7.56. The van der Waals surface area contributed by atoms with E-state index in [0.29, 0.717) is 0 Å². The van der Waals surface area contributed by atoms with Crippen molar-refractivity contribution in [3.8, 4) is 0 Å². The molecule has 8 heavy (non-hydrogen) atoms. The SMILES string of the molecule is CCCC[CH2][Al]([CH3])[CH3]. The molecular formula is C7H17Al. The minimum atomic E-state index is -0.202. The highest BCUT2D eigenvalue weighted by atomic mass is 27.2.